The summed E-state index contributed by atoms with van der Waals surface area (Å²) in [5.41, 5.74) is 5.13. The van der Waals surface area contributed by atoms with Gasteiger partial charge < -0.3 is 15.6 Å². The molecule has 0 unspecified atom stereocenters. The number of carbonyl (C=O) groups excluding carboxylic acids is 1. The van der Waals surface area contributed by atoms with Crippen LogP contribution in [0.1, 0.15) is 47.9 Å². The van der Waals surface area contributed by atoms with E-state index >= 15 is 0 Å². The lowest BCUT2D eigenvalue weighted by atomic mass is 10.1. The van der Waals surface area contributed by atoms with Crippen molar-refractivity contribution < 1.29 is 19.4 Å². The normalized spacial score (nSPS) is 11.1. The van der Waals surface area contributed by atoms with E-state index in [0.717, 1.165) is 0 Å². The molecule has 0 radical (unpaired) electrons. The number of nitrogens with two attached hydrogens (primary N) is 1. The van der Waals surface area contributed by atoms with Gasteiger partial charge in [-0.2, -0.15) is 0 Å². The summed E-state index contributed by atoms with van der Waals surface area (Å²) in [4.78, 5) is 22.8. The highest BCUT2D eigenvalue weighted by Gasteiger charge is 2.22. The quantitative estimate of drug-likeness (QED) is 0.633. The molecule has 98 valence electrons. The first-order valence-corrected chi connectivity index (χ1v) is 5.63. The zero-order chi connectivity index (χ0) is 13.9. The lowest BCUT2D eigenvalue weighted by molar-refractivity contribution is -0.00243. The smallest absolute Gasteiger partial charge is 0.338 e. The van der Waals surface area contributed by atoms with E-state index in [0.29, 0.717) is 6.42 Å². The predicted molar refractivity (Wildman–Crippen MR) is 67.6 cm³/mol. The van der Waals surface area contributed by atoms with E-state index in [1.807, 2.05) is 6.92 Å². The van der Waals surface area contributed by atoms with E-state index in [1.165, 1.54) is 18.2 Å². The molecule has 5 nitrogen and oxygen atoms in total. The van der Waals surface area contributed by atoms with E-state index < -0.39 is 17.5 Å². The van der Waals surface area contributed by atoms with Gasteiger partial charge in [-0.25, -0.2) is 9.59 Å². The fourth-order valence-corrected chi connectivity index (χ4v) is 1.25. The number of carbonyl (C=O) groups is 2. The topological polar surface area (TPSA) is 89.6 Å². The van der Waals surface area contributed by atoms with Crippen molar-refractivity contribution in [3.05, 3.63) is 29.3 Å². The van der Waals surface area contributed by atoms with Crippen molar-refractivity contribution in [2.45, 2.75) is 32.8 Å². The van der Waals surface area contributed by atoms with Crippen molar-refractivity contribution in [2.24, 2.45) is 0 Å². The molecule has 0 amide bonds. The van der Waals surface area contributed by atoms with Gasteiger partial charge in [0.1, 0.15) is 5.60 Å². The molecule has 0 fully saturated rings. The molecule has 1 aromatic carbocycles. The van der Waals surface area contributed by atoms with Crippen LogP contribution in [-0.4, -0.2) is 22.6 Å². The first-order valence-electron chi connectivity index (χ1n) is 5.63. The molecule has 1 rings (SSSR count). The van der Waals surface area contributed by atoms with Gasteiger partial charge in [-0.3, -0.25) is 0 Å². The van der Waals surface area contributed by atoms with Crippen LogP contribution in [0.4, 0.5) is 5.69 Å². The second-order valence-corrected chi connectivity index (χ2v) is 4.61. The lowest BCUT2D eigenvalue weighted by Crippen LogP contribution is -2.27. The average molecular weight is 251 g/mol. The fraction of sp³-hybridized carbons (Fsp3) is 0.385. The van der Waals surface area contributed by atoms with Gasteiger partial charge in [0.25, 0.3) is 0 Å². The number of aromatic carboxylic acids is 1. The second-order valence-electron chi connectivity index (χ2n) is 4.61. The van der Waals surface area contributed by atoms with Gasteiger partial charge >= 0.3 is 11.9 Å². The number of hydrogen-bond acceptors (Lipinski definition) is 4. The van der Waals surface area contributed by atoms with E-state index in [1.54, 1.807) is 13.8 Å². The molecule has 3 N–H and O–H groups in total. The third kappa shape index (κ3) is 3.23. The Kier molecular flexibility index (Phi) is 3.96. The van der Waals surface area contributed by atoms with Gasteiger partial charge in [-0.1, -0.05) is 6.92 Å². The predicted octanol–water partition coefficient (Wildman–Crippen LogP) is 2.31. The Bertz CT molecular complexity index is 480. The van der Waals surface area contributed by atoms with Gasteiger partial charge in [0.2, 0.25) is 0 Å². The third-order valence-corrected chi connectivity index (χ3v) is 2.74. The van der Waals surface area contributed by atoms with Crippen LogP contribution in [0.15, 0.2) is 18.2 Å². The van der Waals surface area contributed by atoms with Crippen LogP contribution in [0.5, 0.6) is 0 Å². The molecule has 0 aromatic heterocycles. The molecular formula is C13H17NO4. The number of rotatable bonds is 4. The number of anilines is 1. The Morgan fingerprint density at radius 2 is 2.00 bits per heavy atom. The molecule has 0 saturated carbocycles. The SMILES string of the molecule is CCC(C)(C)OC(=O)c1ccc(N)c(C(=O)O)c1. The van der Waals surface area contributed by atoms with Crippen molar-refractivity contribution in [1.29, 1.82) is 0 Å². The number of esters is 1. The molecule has 0 bridgehead atoms. The highest BCUT2D eigenvalue weighted by atomic mass is 16.6. The van der Waals surface area contributed by atoms with Crippen LogP contribution in [0.2, 0.25) is 0 Å². The lowest BCUT2D eigenvalue weighted by Gasteiger charge is -2.23. The maximum atomic E-state index is 11.8. The van der Waals surface area contributed by atoms with Gasteiger partial charge in [-0.05, 0) is 38.5 Å². The molecule has 0 aliphatic carbocycles. The molecular weight excluding hydrogens is 234 g/mol. The maximum Gasteiger partial charge on any atom is 0.338 e. The number of ether oxygens (including phenoxy) is 1. The molecule has 0 aliphatic heterocycles. The van der Waals surface area contributed by atoms with Crippen LogP contribution in [0, 0.1) is 0 Å². The zero-order valence-electron chi connectivity index (χ0n) is 10.7. The Morgan fingerprint density at radius 3 is 2.50 bits per heavy atom. The minimum Gasteiger partial charge on any atom is -0.478 e. The van der Waals surface area contributed by atoms with Crippen molar-refractivity contribution >= 4 is 17.6 Å². The standard InChI is InChI=1S/C13H17NO4/c1-4-13(2,3)18-12(17)8-5-6-10(14)9(7-8)11(15)16/h5-7H,4,14H2,1-3H3,(H,15,16). The van der Waals surface area contributed by atoms with E-state index in [-0.39, 0.29) is 16.8 Å². The fourth-order valence-electron chi connectivity index (χ4n) is 1.25. The molecule has 0 spiro atoms. The largest absolute Gasteiger partial charge is 0.478 e. The summed E-state index contributed by atoms with van der Waals surface area (Å²) in [6, 6.07) is 4.07. The van der Waals surface area contributed by atoms with Crippen molar-refractivity contribution in [1.82, 2.24) is 0 Å². The number of hydrogen-bond donors (Lipinski definition) is 2. The maximum absolute atomic E-state index is 11.8. The Morgan fingerprint density at radius 1 is 1.39 bits per heavy atom. The number of carboxylic acid groups (broad SMARTS) is 1. The molecule has 0 saturated heterocycles. The number of benzene rings is 1. The van der Waals surface area contributed by atoms with E-state index in [2.05, 4.69) is 0 Å². The number of nitrogen functional groups attached to an aromatic ring is 1. The zero-order valence-corrected chi connectivity index (χ0v) is 10.7. The van der Waals surface area contributed by atoms with E-state index in [4.69, 9.17) is 15.6 Å². The molecule has 1 aromatic rings. The van der Waals surface area contributed by atoms with Crippen molar-refractivity contribution in [3.8, 4) is 0 Å². The molecule has 0 atom stereocenters. The van der Waals surface area contributed by atoms with Crippen LogP contribution in [0.25, 0.3) is 0 Å². The summed E-state index contributed by atoms with van der Waals surface area (Å²) in [6.07, 6.45) is 0.666. The summed E-state index contributed by atoms with van der Waals surface area (Å²) in [6.45, 7) is 5.49. The first-order chi connectivity index (χ1) is 8.26. The summed E-state index contributed by atoms with van der Waals surface area (Å²) < 4.78 is 5.27. The monoisotopic (exact) mass is 251 g/mol. The Labute approximate surface area is 106 Å². The molecule has 0 heterocycles. The average Bonchev–Trinajstić information content (AvgIpc) is 2.28. The highest BCUT2D eigenvalue weighted by Crippen LogP contribution is 2.19. The minimum atomic E-state index is -1.17. The van der Waals surface area contributed by atoms with Crippen LogP contribution in [0.3, 0.4) is 0 Å². The Balaban J connectivity index is 3.01. The minimum absolute atomic E-state index is 0.0984. The Hall–Kier alpha value is -2.04. The third-order valence-electron chi connectivity index (χ3n) is 2.74. The first kappa shape index (κ1) is 14.0. The summed E-state index contributed by atoms with van der Waals surface area (Å²) in [7, 11) is 0. The van der Waals surface area contributed by atoms with Gasteiger partial charge in [0.15, 0.2) is 0 Å². The van der Waals surface area contributed by atoms with Crippen LogP contribution in [-0.2, 0) is 4.74 Å². The molecule has 5 heteroatoms. The van der Waals surface area contributed by atoms with Gasteiger partial charge in [-0.15, -0.1) is 0 Å². The van der Waals surface area contributed by atoms with Gasteiger partial charge in [0, 0.05) is 5.69 Å². The van der Waals surface area contributed by atoms with Crippen molar-refractivity contribution in [3.63, 3.8) is 0 Å². The van der Waals surface area contributed by atoms with Crippen molar-refractivity contribution in [2.75, 3.05) is 5.73 Å². The van der Waals surface area contributed by atoms with E-state index in [9.17, 15) is 9.59 Å². The summed E-state index contributed by atoms with van der Waals surface area (Å²) >= 11 is 0. The molecule has 0 aliphatic rings. The van der Waals surface area contributed by atoms with Crippen LogP contribution < -0.4 is 5.73 Å². The summed E-state index contributed by atoms with van der Waals surface area (Å²) in [5, 5.41) is 8.92. The van der Waals surface area contributed by atoms with Gasteiger partial charge in [0.05, 0.1) is 11.1 Å². The number of carboxylic acids is 1. The van der Waals surface area contributed by atoms with Crippen LogP contribution >= 0.6 is 0 Å². The molecule has 18 heavy (non-hydrogen) atoms. The highest BCUT2D eigenvalue weighted by molar-refractivity contribution is 5.98. The second kappa shape index (κ2) is 5.08. The summed E-state index contributed by atoms with van der Waals surface area (Å²) in [5.74, 6) is -1.72.